The molecule has 1 rings (SSSR count). The van der Waals surface area contributed by atoms with Gasteiger partial charge in [-0.2, -0.15) is 0 Å². The van der Waals surface area contributed by atoms with Crippen molar-refractivity contribution in [2.75, 3.05) is 13.6 Å². The molecule has 0 spiro atoms. The molecule has 3 heteroatoms. The van der Waals surface area contributed by atoms with E-state index in [2.05, 4.69) is 73.8 Å². The van der Waals surface area contributed by atoms with Crippen LogP contribution in [0.25, 0.3) is 0 Å². The lowest BCUT2D eigenvalue weighted by molar-refractivity contribution is 0.100. The maximum Gasteiger partial charge on any atom is 0.0483 e. The molecule has 1 atom stereocenters. The van der Waals surface area contributed by atoms with Crippen molar-refractivity contribution in [2.24, 2.45) is 5.73 Å². The van der Waals surface area contributed by atoms with E-state index in [0.29, 0.717) is 6.54 Å². The summed E-state index contributed by atoms with van der Waals surface area (Å²) in [7, 11) is 2.16. The maximum absolute atomic E-state index is 6.00. The average Bonchev–Trinajstić information content (AvgIpc) is 2.32. The Morgan fingerprint density at radius 2 is 2.00 bits per heavy atom. The van der Waals surface area contributed by atoms with E-state index in [1.165, 1.54) is 11.1 Å². The second-order valence-corrected chi connectivity index (χ2v) is 6.41. The van der Waals surface area contributed by atoms with Crippen LogP contribution in [0, 0.1) is 6.92 Å². The highest BCUT2D eigenvalue weighted by Crippen LogP contribution is 2.32. The van der Waals surface area contributed by atoms with Gasteiger partial charge in [0.1, 0.15) is 0 Å². The lowest BCUT2D eigenvalue weighted by Gasteiger charge is -2.41. The minimum absolute atomic E-state index is 0.147. The van der Waals surface area contributed by atoms with E-state index < -0.39 is 0 Å². The zero-order valence-corrected chi connectivity index (χ0v) is 13.7. The number of benzene rings is 1. The van der Waals surface area contributed by atoms with Crippen molar-refractivity contribution in [1.29, 1.82) is 0 Å². The smallest absolute Gasteiger partial charge is 0.0483 e. The minimum Gasteiger partial charge on any atom is -0.329 e. The molecule has 0 radical (unpaired) electrons. The molecule has 18 heavy (non-hydrogen) atoms. The predicted octanol–water partition coefficient (Wildman–Crippen LogP) is 3.88. The zero-order chi connectivity index (χ0) is 13.9. The molecule has 0 aliphatic carbocycles. The molecule has 102 valence electrons. The Hall–Kier alpha value is -0.380. The van der Waals surface area contributed by atoms with E-state index >= 15 is 0 Å². The number of aryl methyl sites for hydroxylation is 1. The largest absolute Gasteiger partial charge is 0.329 e. The summed E-state index contributed by atoms with van der Waals surface area (Å²) in [6, 6.07) is 6.73. The molecule has 0 saturated carbocycles. The van der Waals surface area contributed by atoms with E-state index in [-0.39, 0.29) is 11.6 Å². The van der Waals surface area contributed by atoms with Crippen LogP contribution in [0.4, 0.5) is 0 Å². The molecule has 0 aliphatic heterocycles. The number of hydrogen-bond acceptors (Lipinski definition) is 2. The Balaban J connectivity index is 3.10. The van der Waals surface area contributed by atoms with Gasteiger partial charge in [-0.3, -0.25) is 4.90 Å². The van der Waals surface area contributed by atoms with Crippen LogP contribution in [-0.2, 0) is 0 Å². The first-order chi connectivity index (χ1) is 8.33. The van der Waals surface area contributed by atoms with Gasteiger partial charge in [-0.1, -0.05) is 35.0 Å². The van der Waals surface area contributed by atoms with Crippen molar-refractivity contribution in [3.05, 3.63) is 33.8 Å². The van der Waals surface area contributed by atoms with Crippen LogP contribution in [-0.4, -0.2) is 24.0 Å². The lowest BCUT2D eigenvalue weighted by atomic mass is 9.94. The Labute approximate surface area is 120 Å². The first-order valence-electron chi connectivity index (χ1n) is 6.52. The third-order valence-electron chi connectivity index (χ3n) is 4.03. The quantitative estimate of drug-likeness (QED) is 0.894. The number of halogens is 1. The number of nitrogens with two attached hydrogens (primary N) is 1. The van der Waals surface area contributed by atoms with Crippen molar-refractivity contribution in [1.82, 2.24) is 4.90 Å². The molecule has 0 aromatic heterocycles. The van der Waals surface area contributed by atoms with Crippen molar-refractivity contribution in [2.45, 2.75) is 45.7 Å². The van der Waals surface area contributed by atoms with Gasteiger partial charge in [0.15, 0.2) is 0 Å². The van der Waals surface area contributed by atoms with Crippen molar-refractivity contribution >= 4 is 15.9 Å². The summed E-state index contributed by atoms with van der Waals surface area (Å²) in [4.78, 5) is 2.38. The van der Waals surface area contributed by atoms with E-state index in [1.54, 1.807) is 0 Å². The summed E-state index contributed by atoms with van der Waals surface area (Å²) in [5, 5.41) is 0. The fourth-order valence-corrected chi connectivity index (χ4v) is 2.82. The third-order valence-corrected chi connectivity index (χ3v) is 4.71. The molecule has 2 N–H and O–H groups in total. The van der Waals surface area contributed by atoms with Gasteiger partial charge in [-0.15, -0.1) is 0 Å². The first kappa shape index (κ1) is 15.7. The molecule has 1 aromatic rings. The molecule has 2 nitrogen and oxygen atoms in total. The predicted molar refractivity (Wildman–Crippen MR) is 82.8 cm³/mol. The Morgan fingerprint density at radius 3 is 2.44 bits per heavy atom. The Kier molecular flexibility index (Phi) is 5.38. The number of nitrogens with zero attached hydrogens (tertiary/aromatic N) is 1. The molecular weight excluding hydrogens is 288 g/mol. The fourth-order valence-electron chi connectivity index (χ4n) is 2.07. The lowest BCUT2D eigenvalue weighted by Crippen LogP contribution is -2.45. The summed E-state index contributed by atoms with van der Waals surface area (Å²) < 4.78 is 1.15. The highest BCUT2D eigenvalue weighted by atomic mass is 79.9. The van der Waals surface area contributed by atoms with Gasteiger partial charge in [-0.25, -0.2) is 0 Å². The molecule has 0 amide bonds. The highest BCUT2D eigenvalue weighted by molar-refractivity contribution is 9.10. The molecule has 0 aliphatic rings. The second kappa shape index (κ2) is 6.18. The Morgan fingerprint density at radius 1 is 1.39 bits per heavy atom. The topological polar surface area (TPSA) is 29.3 Å². The van der Waals surface area contributed by atoms with Crippen LogP contribution in [0.1, 0.15) is 44.4 Å². The highest BCUT2D eigenvalue weighted by Gasteiger charge is 2.29. The summed E-state index contributed by atoms with van der Waals surface area (Å²) in [5.41, 5.74) is 8.68. The average molecular weight is 313 g/mol. The zero-order valence-electron chi connectivity index (χ0n) is 12.1. The Bertz CT molecular complexity index is 401. The van der Waals surface area contributed by atoms with Crippen LogP contribution in [0.15, 0.2) is 22.7 Å². The van der Waals surface area contributed by atoms with Gasteiger partial charge in [0.2, 0.25) is 0 Å². The monoisotopic (exact) mass is 312 g/mol. The van der Waals surface area contributed by atoms with Crippen LogP contribution in [0.3, 0.4) is 0 Å². The van der Waals surface area contributed by atoms with Crippen molar-refractivity contribution in [3.63, 3.8) is 0 Å². The molecular formula is C15H25BrN2. The number of rotatable bonds is 5. The number of likely N-dealkylation sites (N-methyl/N-ethyl adjacent to an activating group) is 1. The first-order valence-corrected chi connectivity index (χ1v) is 7.31. The van der Waals surface area contributed by atoms with Crippen LogP contribution in [0.5, 0.6) is 0 Å². The van der Waals surface area contributed by atoms with Crippen LogP contribution in [0.2, 0.25) is 0 Å². The van der Waals surface area contributed by atoms with Gasteiger partial charge in [0.25, 0.3) is 0 Å². The summed E-state index contributed by atoms with van der Waals surface area (Å²) >= 11 is 3.66. The van der Waals surface area contributed by atoms with E-state index in [9.17, 15) is 0 Å². The van der Waals surface area contributed by atoms with Gasteiger partial charge in [0, 0.05) is 22.6 Å². The molecule has 0 bridgehead atoms. The van der Waals surface area contributed by atoms with E-state index in [4.69, 9.17) is 5.73 Å². The molecule has 0 fully saturated rings. The standard InChI is InChI=1S/C15H25BrN2/c1-6-15(3,4)18(5)14(10-17)12-8-7-11(2)9-13(12)16/h7-9,14H,6,10,17H2,1-5H3. The van der Waals surface area contributed by atoms with Gasteiger partial charge >= 0.3 is 0 Å². The van der Waals surface area contributed by atoms with Gasteiger partial charge in [-0.05, 0) is 51.4 Å². The molecule has 0 heterocycles. The summed E-state index contributed by atoms with van der Waals surface area (Å²) in [6.45, 7) is 9.47. The normalized spacial score (nSPS) is 14.0. The SMILES string of the molecule is CCC(C)(C)N(C)C(CN)c1ccc(C)cc1Br. The van der Waals surface area contributed by atoms with Crippen LogP contribution >= 0.6 is 15.9 Å². The molecule has 0 saturated heterocycles. The van der Waals surface area contributed by atoms with E-state index in [0.717, 1.165) is 10.9 Å². The summed E-state index contributed by atoms with van der Waals surface area (Å²) in [6.07, 6.45) is 1.10. The van der Waals surface area contributed by atoms with Gasteiger partial charge in [0.05, 0.1) is 0 Å². The van der Waals surface area contributed by atoms with Crippen LogP contribution < -0.4 is 5.73 Å². The van der Waals surface area contributed by atoms with Crippen molar-refractivity contribution < 1.29 is 0 Å². The third kappa shape index (κ3) is 3.34. The van der Waals surface area contributed by atoms with Gasteiger partial charge < -0.3 is 5.73 Å². The molecule has 1 unspecified atom stereocenters. The maximum atomic E-state index is 6.00. The number of hydrogen-bond donors (Lipinski definition) is 1. The second-order valence-electron chi connectivity index (χ2n) is 5.55. The molecule has 1 aromatic carbocycles. The summed E-state index contributed by atoms with van der Waals surface area (Å²) in [5.74, 6) is 0. The van der Waals surface area contributed by atoms with Crippen molar-refractivity contribution in [3.8, 4) is 0 Å². The minimum atomic E-state index is 0.147. The fraction of sp³-hybridized carbons (Fsp3) is 0.600. The van der Waals surface area contributed by atoms with E-state index in [1.807, 2.05) is 0 Å².